The number of allylic oxidation sites excluding steroid dienone is 1. The van der Waals surface area contributed by atoms with Crippen LogP contribution < -0.4 is 0 Å². The molecule has 0 aromatic rings. The molecule has 0 saturated carbocycles. The number of Topliss-reactive ketones (excluding diaryl/α,β-unsaturated/α-hetero) is 1. The summed E-state index contributed by atoms with van der Waals surface area (Å²) in [5.74, 6) is -1.26. The van der Waals surface area contributed by atoms with Crippen LogP contribution in [0.15, 0.2) is 12.7 Å². The van der Waals surface area contributed by atoms with Crippen molar-refractivity contribution in [2.24, 2.45) is 17.3 Å². The zero-order valence-electron chi connectivity index (χ0n) is 22.0. The normalized spacial score (nSPS) is 16.4. The Hall–Kier alpha value is -0.353. The van der Waals surface area contributed by atoms with Crippen LogP contribution in [0, 0.1) is 17.3 Å². The van der Waals surface area contributed by atoms with E-state index in [1.807, 2.05) is 6.92 Å². The van der Waals surface area contributed by atoms with E-state index in [2.05, 4.69) is 27.4 Å². The third-order valence-corrected chi connectivity index (χ3v) is 11.8. The molecule has 0 unspecified atom stereocenters. The van der Waals surface area contributed by atoms with E-state index in [0.717, 1.165) is 18.1 Å². The van der Waals surface area contributed by atoms with E-state index < -0.39 is 54.7 Å². The van der Waals surface area contributed by atoms with Gasteiger partial charge in [0.2, 0.25) is 3.79 Å². The van der Waals surface area contributed by atoms with Crippen molar-refractivity contribution in [3.63, 3.8) is 0 Å². The van der Waals surface area contributed by atoms with Crippen molar-refractivity contribution in [3.05, 3.63) is 12.7 Å². The van der Waals surface area contributed by atoms with Gasteiger partial charge < -0.3 is 24.1 Å². The Morgan fingerprint density at radius 2 is 1.57 bits per heavy atom. The van der Waals surface area contributed by atoms with Gasteiger partial charge in [-0.3, -0.25) is 4.79 Å². The Bertz CT molecular complexity index is 670. The number of rotatable bonds is 16. The first-order valence-electron chi connectivity index (χ1n) is 12.1. The number of aliphatic hydroxyl groups excluding tert-OH is 1. The molecule has 0 amide bonds. The lowest BCUT2D eigenvalue weighted by atomic mass is 9.73. The first-order valence-corrected chi connectivity index (χ1v) is 15.8. The van der Waals surface area contributed by atoms with Gasteiger partial charge in [-0.2, -0.15) is 0 Å². The second-order valence-electron chi connectivity index (χ2n) is 9.68. The van der Waals surface area contributed by atoms with Crippen LogP contribution in [-0.4, -0.2) is 59.4 Å². The fraction of sp³-hybridized carbons (Fsp3) is 0.833. The van der Waals surface area contributed by atoms with Gasteiger partial charge in [-0.25, -0.2) is 4.79 Å². The number of hydrogen-bond acceptors (Lipinski definition) is 7. The number of carbonyl (C=O) groups is 2. The van der Waals surface area contributed by atoms with Crippen molar-refractivity contribution in [2.45, 2.75) is 102 Å². The topological polar surface area (TPSA) is 102 Å². The van der Waals surface area contributed by atoms with Gasteiger partial charge in [0.15, 0.2) is 14.6 Å². The lowest BCUT2D eigenvalue weighted by molar-refractivity contribution is -0.146. The average molecular weight is 578 g/mol. The molecule has 11 heteroatoms. The minimum absolute atomic E-state index is 0.112. The fourth-order valence-electron chi connectivity index (χ4n) is 4.27. The molecule has 0 aromatic heterocycles. The molecule has 0 spiro atoms. The summed E-state index contributed by atoms with van der Waals surface area (Å²) >= 11 is 16.9. The molecule has 0 aliphatic carbocycles. The van der Waals surface area contributed by atoms with Crippen LogP contribution in [-0.2, 0) is 18.7 Å². The third-order valence-electron chi connectivity index (χ3n) is 6.78. The van der Waals surface area contributed by atoms with Crippen molar-refractivity contribution < 1.29 is 33.7 Å². The lowest BCUT2D eigenvalue weighted by Gasteiger charge is -2.42. The molecule has 206 valence electrons. The van der Waals surface area contributed by atoms with Crippen LogP contribution in [0.25, 0.3) is 0 Å². The maximum absolute atomic E-state index is 13.8. The Morgan fingerprint density at radius 1 is 1.06 bits per heavy atom. The molecule has 35 heavy (non-hydrogen) atoms. The number of ketones is 1. The molecule has 0 aliphatic rings. The van der Waals surface area contributed by atoms with Gasteiger partial charge in [-0.1, -0.05) is 89.3 Å². The molecular weight excluding hydrogens is 535 g/mol. The Morgan fingerprint density at radius 3 is 1.97 bits per heavy atom. The predicted molar refractivity (Wildman–Crippen MR) is 143 cm³/mol. The summed E-state index contributed by atoms with van der Waals surface area (Å²) in [6.07, 6.45) is -2.23. The molecule has 4 atom stereocenters. The van der Waals surface area contributed by atoms with Crippen molar-refractivity contribution in [1.82, 2.24) is 0 Å². The van der Waals surface area contributed by atoms with Crippen LogP contribution in [0.5, 0.6) is 0 Å². The minimum atomic E-state index is -2.18. The van der Waals surface area contributed by atoms with E-state index in [1.165, 1.54) is 0 Å². The summed E-state index contributed by atoms with van der Waals surface area (Å²) in [5, 5.41) is 19.6. The van der Waals surface area contributed by atoms with E-state index in [4.69, 9.17) is 48.7 Å². The Labute approximate surface area is 226 Å². The Kier molecular flexibility index (Phi) is 15.0. The number of halogens is 3. The molecule has 0 saturated heterocycles. The zero-order chi connectivity index (χ0) is 27.6. The van der Waals surface area contributed by atoms with E-state index in [9.17, 15) is 19.8 Å². The van der Waals surface area contributed by atoms with Crippen molar-refractivity contribution >= 4 is 55.1 Å². The molecule has 0 aliphatic heterocycles. The quantitative estimate of drug-likeness (QED) is 0.0718. The number of hydrogen-bond donors (Lipinski definition) is 2. The van der Waals surface area contributed by atoms with Gasteiger partial charge >= 0.3 is 6.16 Å². The smallest absolute Gasteiger partial charge is 0.430 e. The fourth-order valence-corrected chi connectivity index (χ4v) is 7.43. The summed E-state index contributed by atoms with van der Waals surface area (Å²) in [7, 11) is -2.18. The van der Waals surface area contributed by atoms with Crippen molar-refractivity contribution in [1.29, 1.82) is 0 Å². The molecule has 7 nitrogen and oxygen atoms in total. The largest absolute Gasteiger partial charge is 0.508 e. The van der Waals surface area contributed by atoms with Crippen molar-refractivity contribution in [3.8, 4) is 0 Å². The summed E-state index contributed by atoms with van der Waals surface area (Å²) in [5.41, 5.74) is -1.10. The monoisotopic (exact) mass is 576 g/mol. The standard InChI is InChI=1S/C24H43Cl3O7Si/c1-9-13-16(5)20(33-22(31)32-15-24(25,26)27)17(6)21(30)23(7,8)18(14-19(28)29)34-35(10-2,11-3)12-4/h9,16-20,28-29H,1,10-15H2,2-8H3/t16-,17+,18-,20-/m0/s1. The van der Waals surface area contributed by atoms with E-state index in [-0.39, 0.29) is 18.1 Å². The highest BCUT2D eigenvalue weighted by atomic mass is 35.6. The molecule has 0 heterocycles. The minimum Gasteiger partial charge on any atom is -0.430 e. The van der Waals surface area contributed by atoms with Crippen LogP contribution in [0.3, 0.4) is 0 Å². The van der Waals surface area contributed by atoms with Crippen LogP contribution in [0.4, 0.5) is 4.79 Å². The summed E-state index contributed by atoms with van der Waals surface area (Å²) < 4.78 is 15.2. The van der Waals surface area contributed by atoms with Gasteiger partial charge in [-0.15, -0.1) is 6.58 Å². The van der Waals surface area contributed by atoms with Crippen LogP contribution >= 0.6 is 34.8 Å². The highest BCUT2D eigenvalue weighted by Crippen LogP contribution is 2.38. The number of carbonyl (C=O) groups excluding carboxylic acids is 2. The predicted octanol–water partition coefficient (Wildman–Crippen LogP) is 6.41. The van der Waals surface area contributed by atoms with E-state index in [1.54, 1.807) is 26.8 Å². The molecule has 0 radical (unpaired) electrons. The van der Waals surface area contributed by atoms with E-state index >= 15 is 0 Å². The average Bonchev–Trinajstić information content (AvgIpc) is 2.77. The second-order valence-corrected chi connectivity index (χ2v) is 16.9. The number of aliphatic hydroxyl groups is 2. The van der Waals surface area contributed by atoms with Crippen LogP contribution in [0.1, 0.15) is 61.3 Å². The highest BCUT2D eigenvalue weighted by Gasteiger charge is 2.47. The molecular formula is C24H43Cl3O7Si. The Balaban J connectivity index is 6.00. The third kappa shape index (κ3) is 11.3. The molecule has 0 rings (SSSR count). The van der Waals surface area contributed by atoms with Gasteiger partial charge in [-0.05, 0) is 30.5 Å². The first kappa shape index (κ1) is 34.6. The number of ether oxygens (including phenoxy) is 2. The summed E-state index contributed by atoms with van der Waals surface area (Å²) in [4.78, 5) is 26.2. The van der Waals surface area contributed by atoms with Gasteiger partial charge in [0.05, 0.1) is 12.0 Å². The molecule has 0 aromatic carbocycles. The van der Waals surface area contributed by atoms with E-state index in [0.29, 0.717) is 6.42 Å². The maximum atomic E-state index is 13.8. The van der Waals surface area contributed by atoms with Crippen LogP contribution in [0.2, 0.25) is 18.1 Å². The first-order chi connectivity index (χ1) is 16.0. The molecule has 0 bridgehead atoms. The van der Waals surface area contributed by atoms with Gasteiger partial charge in [0.1, 0.15) is 18.5 Å². The second kappa shape index (κ2) is 15.2. The van der Waals surface area contributed by atoms with Gasteiger partial charge in [0.25, 0.3) is 0 Å². The summed E-state index contributed by atoms with van der Waals surface area (Å²) in [6.45, 7) is 16.4. The highest BCUT2D eigenvalue weighted by molar-refractivity contribution is 6.73. The van der Waals surface area contributed by atoms with Crippen molar-refractivity contribution in [2.75, 3.05) is 6.61 Å². The lowest BCUT2D eigenvalue weighted by Crippen LogP contribution is -2.52. The summed E-state index contributed by atoms with van der Waals surface area (Å²) in [6, 6.07) is 2.53. The zero-order valence-corrected chi connectivity index (χ0v) is 25.3. The number of alkyl halides is 3. The van der Waals surface area contributed by atoms with Gasteiger partial charge in [0, 0.05) is 11.8 Å². The maximum Gasteiger partial charge on any atom is 0.508 e. The molecule has 2 N–H and O–H groups in total. The SMILES string of the molecule is C=CC[C@H](C)[C@H](OC(=O)OCC(Cl)(Cl)Cl)[C@@H](C)C(=O)C(C)(C)[C@H](CC(O)O)O[Si](CC)(CC)CC. The molecule has 0 fully saturated rings.